The van der Waals surface area contributed by atoms with Gasteiger partial charge in [-0.25, -0.2) is 0 Å². The zero-order valence-corrected chi connectivity index (χ0v) is 12.2. The number of likely N-dealkylation sites (tertiary alicyclic amines) is 1. The molecule has 1 rings (SSSR count). The molecule has 0 bridgehead atoms. The van der Waals surface area contributed by atoms with E-state index in [-0.39, 0.29) is 17.9 Å². The first-order valence-electron chi connectivity index (χ1n) is 7.13. The van der Waals surface area contributed by atoms with Crippen molar-refractivity contribution < 1.29 is 14.7 Å². The summed E-state index contributed by atoms with van der Waals surface area (Å²) in [5, 5.41) is 11.9. The van der Waals surface area contributed by atoms with Crippen LogP contribution in [0.3, 0.4) is 0 Å². The Balaban J connectivity index is 2.23. The van der Waals surface area contributed by atoms with Crippen LogP contribution in [0.2, 0.25) is 0 Å². The highest BCUT2D eigenvalue weighted by atomic mass is 16.4. The summed E-state index contributed by atoms with van der Waals surface area (Å²) in [6.45, 7) is 7.86. The Hall–Kier alpha value is -1.10. The molecule has 0 aliphatic carbocycles. The molecule has 110 valence electrons. The fourth-order valence-corrected chi connectivity index (χ4v) is 2.36. The Morgan fingerprint density at radius 1 is 1.32 bits per heavy atom. The molecule has 2 unspecified atom stereocenters. The largest absolute Gasteiger partial charge is 0.481 e. The van der Waals surface area contributed by atoms with Crippen molar-refractivity contribution in [2.45, 2.75) is 46.1 Å². The molecule has 5 nitrogen and oxygen atoms in total. The number of hydrogen-bond donors (Lipinski definition) is 2. The second kappa shape index (κ2) is 7.48. The van der Waals surface area contributed by atoms with E-state index in [9.17, 15) is 9.59 Å². The third-order valence-electron chi connectivity index (χ3n) is 3.57. The van der Waals surface area contributed by atoms with E-state index in [1.54, 1.807) is 0 Å². The van der Waals surface area contributed by atoms with Gasteiger partial charge in [0.25, 0.3) is 0 Å². The lowest BCUT2D eigenvalue weighted by atomic mass is 10.0. The van der Waals surface area contributed by atoms with Crippen LogP contribution in [0, 0.1) is 11.8 Å². The zero-order chi connectivity index (χ0) is 14.4. The molecule has 1 saturated heterocycles. The van der Waals surface area contributed by atoms with E-state index < -0.39 is 5.97 Å². The zero-order valence-electron chi connectivity index (χ0n) is 12.2. The molecule has 1 aliphatic heterocycles. The van der Waals surface area contributed by atoms with Crippen LogP contribution in [0.15, 0.2) is 0 Å². The highest BCUT2D eigenvalue weighted by Crippen LogP contribution is 2.15. The average Bonchev–Trinajstić information content (AvgIpc) is 2.74. The molecule has 5 heteroatoms. The Bertz CT molecular complexity index is 318. The third kappa shape index (κ3) is 6.05. The molecular formula is C14H26N2O3. The smallest absolute Gasteiger partial charge is 0.307 e. The van der Waals surface area contributed by atoms with Gasteiger partial charge < -0.3 is 10.4 Å². The van der Waals surface area contributed by atoms with Crippen molar-refractivity contribution in [3.05, 3.63) is 0 Å². The minimum atomic E-state index is -0.756. The van der Waals surface area contributed by atoms with Crippen molar-refractivity contribution >= 4 is 11.9 Å². The molecule has 0 aromatic heterocycles. The summed E-state index contributed by atoms with van der Waals surface area (Å²) in [4.78, 5) is 24.6. The van der Waals surface area contributed by atoms with Crippen LogP contribution in [0.25, 0.3) is 0 Å². The number of carbonyl (C=O) groups excluding carboxylic acids is 1. The number of rotatable bonds is 7. The maximum absolute atomic E-state index is 11.8. The second-order valence-electron chi connectivity index (χ2n) is 6.00. The van der Waals surface area contributed by atoms with Crippen LogP contribution in [-0.4, -0.2) is 47.6 Å². The van der Waals surface area contributed by atoms with E-state index in [2.05, 4.69) is 19.2 Å². The summed E-state index contributed by atoms with van der Waals surface area (Å²) >= 11 is 0. The molecule has 0 aromatic rings. The summed E-state index contributed by atoms with van der Waals surface area (Å²) in [5.41, 5.74) is 0. The minimum absolute atomic E-state index is 0.00212. The Morgan fingerprint density at radius 3 is 2.53 bits per heavy atom. The van der Waals surface area contributed by atoms with E-state index in [0.29, 0.717) is 32.0 Å². The highest BCUT2D eigenvalue weighted by molar-refractivity contribution is 5.78. The average molecular weight is 270 g/mol. The molecule has 1 fully saturated rings. The molecule has 0 radical (unpaired) electrons. The number of carboxylic acid groups (broad SMARTS) is 1. The van der Waals surface area contributed by atoms with E-state index in [1.807, 2.05) is 11.8 Å². The maximum atomic E-state index is 11.8. The molecular weight excluding hydrogens is 244 g/mol. The molecule has 0 spiro atoms. The van der Waals surface area contributed by atoms with Gasteiger partial charge in [0.1, 0.15) is 0 Å². The van der Waals surface area contributed by atoms with Gasteiger partial charge in [-0.15, -0.1) is 0 Å². The lowest BCUT2D eigenvalue weighted by Crippen LogP contribution is -2.40. The molecule has 2 N–H and O–H groups in total. The standard InChI is InChI=1S/C14H26N2O3/c1-10(2)4-5-11(3)15-13(17)9-16-7-6-12(8-16)14(18)19/h10-12H,4-9H2,1-3H3,(H,15,17)(H,18,19). The van der Waals surface area contributed by atoms with E-state index >= 15 is 0 Å². The predicted molar refractivity (Wildman–Crippen MR) is 73.9 cm³/mol. The lowest BCUT2D eigenvalue weighted by Gasteiger charge is -2.18. The molecule has 1 heterocycles. The van der Waals surface area contributed by atoms with Crippen LogP contribution >= 0.6 is 0 Å². The van der Waals surface area contributed by atoms with E-state index in [1.165, 1.54) is 0 Å². The van der Waals surface area contributed by atoms with Gasteiger partial charge in [-0.1, -0.05) is 13.8 Å². The van der Waals surface area contributed by atoms with Gasteiger partial charge in [0.05, 0.1) is 12.5 Å². The number of carboxylic acids is 1. The summed E-state index contributed by atoms with van der Waals surface area (Å²) in [5.74, 6) is -0.420. The van der Waals surface area contributed by atoms with E-state index in [0.717, 1.165) is 12.8 Å². The Kier molecular flexibility index (Phi) is 6.28. The summed E-state index contributed by atoms with van der Waals surface area (Å²) in [7, 11) is 0. The molecule has 1 amide bonds. The number of aliphatic carboxylic acids is 1. The molecule has 19 heavy (non-hydrogen) atoms. The SMILES string of the molecule is CC(C)CCC(C)NC(=O)CN1CCC(C(=O)O)C1. The molecule has 2 atom stereocenters. The van der Waals surface area contributed by atoms with Crippen molar-refractivity contribution in [2.75, 3.05) is 19.6 Å². The van der Waals surface area contributed by atoms with Crippen LogP contribution in [0.1, 0.15) is 40.0 Å². The van der Waals surface area contributed by atoms with Gasteiger partial charge in [0.15, 0.2) is 0 Å². The van der Waals surface area contributed by atoms with Crippen molar-refractivity contribution in [1.82, 2.24) is 10.2 Å². The quantitative estimate of drug-likeness (QED) is 0.732. The van der Waals surface area contributed by atoms with Crippen molar-refractivity contribution in [3.63, 3.8) is 0 Å². The first-order chi connectivity index (χ1) is 8.88. The summed E-state index contributed by atoms with van der Waals surface area (Å²) in [6.07, 6.45) is 2.74. The fourth-order valence-electron chi connectivity index (χ4n) is 2.36. The first-order valence-corrected chi connectivity index (χ1v) is 7.13. The van der Waals surface area contributed by atoms with Crippen LogP contribution in [-0.2, 0) is 9.59 Å². The van der Waals surface area contributed by atoms with Gasteiger partial charge >= 0.3 is 5.97 Å². The normalized spacial score (nSPS) is 21.6. The predicted octanol–water partition coefficient (Wildman–Crippen LogP) is 1.33. The fraction of sp³-hybridized carbons (Fsp3) is 0.857. The van der Waals surface area contributed by atoms with Gasteiger partial charge in [-0.05, 0) is 38.6 Å². The topological polar surface area (TPSA) is 69.6 Å². The van der Waals surface area contributed by atoms with Crippen LogP contribution < -0.4 is 5.32 Å². The van der Waals surface area contributed by atoms with Crippen molar-refractivity contribution in [2.24, 2.45) is 11.8 Å². The summed E-state index contributed by atoms with van der Waals surface area (Å²) < 4.78 is 0. The second-order valence-corrected chi connectivity index (χ2v) is 6.00. The monoisotopic (exact) mass is 270 g/mol. The Morgan fingerprint density at radius 2 is 2.00 bits per heavy atom. The minimum Gasteiger partial charge on any atom is -0.481 e. The van der Waals surface area contributed by atoms with E-state index in [4.69, 9.17) is 5.11 Å². The summed E-state index contributed by atoms with van der Waals surface area (Å²) in [6, 6.07) is 0.188. The first kappa shape index (κ1) is 16.0. The number of hydrogen-bond acceptors (Lipinski definition) is 3. The maximum Gasteiger partial charge on any atom is 0.307 e. The van der Waals surface area contributed by atoms with Gasteiger partial charge in [0.2, 0.25) is 5.91 Å². The third-order valence-corrected chi connectivity index (χ3v) is 3.57. The van der Waals surface area contributed by atoms with Gasteiger partial charge in [0, 0.05) is 12.6 Å². The number of amides is 1. The van der Waals surface area contributed by atoms with Gasteiger partial charge in [-0.3, -0.25) is 14.5 Å². The van der Waals surface area contributed by atoms with Crippen molar-refractivity contribution in [3.8, 4) is 0 Å². The Labute approximate surface area is 115 Å². The number of carbonyl (C=O) groups is 2. The van der Waals surface area contributed by atoms with Gasteiger partial charge in [-0.2, -0.15) is 0 Å². The lowest BCUT2D eigenvalue weighted by molar-refractivity contribution is -0.141. The molecule has 0 saturated carbocycles. The van der Waals surface area contributed by atoms with Crippen LogP contribution in [0.5, 0.6) is 0 Å². The highest BCUT2D eigenvalue weighted by Gasteiger charge is 2.28. The van der Waals surface area contributed by atoms with Crippen LogP contribution in [0.4, 0.5) is 0 Å². The number of nitrogens with zero attached hydrogens (tertiary/aromatic N) is 1. The molecule has 0 aromatic carbocycles. The number of nitrogens with one attached hydrogen (secondary N) is 1. The van der Waals surface area contributed by atoms with Crippen molar-refractivity contribution in [1.29, 1.82) is 0 Å². The molecule has 1 aliphatic rings.